The molecule has 0 radical (unpaired) electrons. The Morgan fingerprint density at radius 1 is 1.29 bits per heavy atom. The van der Waals surface area contributed by atoms with E-state index >= 15 is 0 Å². The van der Waals surface area contributed by atoms with Crippen molar-refractivity contribution < 1.29 is 9.18 Å². The minimum absolute atomic E-state index is 0.0650. The van der Waals surface area contributed by atoms with Gasteiger partial charge in [-0.3, -0.25) is 4.79 Å². The predicted octanol–water partition coefficient (Wildman–Crippen LogP) is 3.07. The third-order valence-electron chi connectivity index (χ3n) is 2.44. The molecule has 1 aromatic carbocycles. The molecule has 0 aliphatic heterocycles. The first-order chi connectivity index (χ1) is 7.77. The van der Waals surface area contributed by atoms with Crippen LogP contribution in [0.3, 0.4) is 0 Å². The van der Waals surface area contributed by atoms with E-state index in [4.69, 9.17) is 23.2 Å². The van der Waals surface area contributed by atoms with Gasteiger partial charge >= 0.3 is 0 Å². The van der Waals surface area contributed by atoms with Crippen molar-refractivity contribution in [2.24, 2.45) is 0 Å². The van der Waals surface area contributed by atoms with E-state index in [-0.39, 0.29) is 21.6 Å². The summed E-state index contributed by atoms with van der Waals surface area (Å²) >= 11 is 11.6. The standard InChI is InChI=1S/C11H13Cl2FN2O/c1-11(2,15-3)10(17)16-9-7(12)4-6(14)5-8(9)13/h4-5,15H,1-3H3,(H,16,17). The minimum atomic E-state index is -0.777. The van der Waals surface area contributed by atoms with E-state index in [0.717, 1.165) is 12.1 Å². The Labute approximate surface area is 109 Å². The number of carbonyl (C=O) groups is 1. The second-order valence-electron chi connectivity index (χ2n) is 4.07. The fourth-order valence-electron chi connectivity index (χ4n) is 1.04. The van der Waals surface area contributed by atoms with Gasteiger partial charge in [-0.15, -0.1) is 0 Å². The Balaban J connectivity index is 3.01. The maximum atomic E-state index is 13.0. The molecule has 6 heteroatoms. The fourth-order valence-corrected chi connectivity index (χ4v) is 1.60. The average molecular weight is 279 g/mol. The zero-order valence-electron chi connectivity index (χ0n) is 9.70. The summed E-state index contributed by atoms with van der Waals surface area (Å²) in [6, 6.07) is 2.19. The van der Waals surface area contributed by atoms with Gasteiger partial charge in [0.25, 0.3) is 0 Å². The second-order valence-corrected chi connectivity index (χ2v) is 4.89. The monoisotopic (exact) mass is 278 g/mol. The number of nitrogens with one attached hydrogen (secondary N) is 2. The number of benzene rings is 1. The number of halogens is 3. The van der Waals surface area contributed by atoms with Crippen LogP contribution in [0.15, 0.2) is 12.1 Å². The fraction of sp³-hybridized carbons (Fsp3) is 0.364. The van der Waals surface area contributed by atoms with Crippen LogP contribution < -0.4 is 10.6 Å². The lowest BCUT2D eigenvalue weighted by Crippen LogP contribution is -2.48. The number of likely N-dealkylation sites (N-methyl/N-ethyl adjacent to an activating group) is 1. The molecule has 0 saturated heterocycles. The van der Waals surface area contributed by atoms with E-state index in [1.807, 2.05) is 0 Å². The molecule has 0 bridgehead atoms. The maximum absolute atomic E-state index is 13.0. The summed E-state index contributed by atoms with van der Waals surface area (Å²) < 4.78 is 13.0. The normalized spacial score (nSPS) is 11.4. The first kappa shape index (κ1) is 14.2. The van der Waals surface area contributed by atoms with Gasteiger partial charge in [0.05, 0.1) is 21.3 Å². The van der Waals surface area contributed by atoms with E-state index in [1.54, 1.807) is 20.9 Å². The van der Waals surface area contributed by atoms with Crippen LogP contribution in [0.1, 0.15) is 13.8 Å². The quantitative estimate of drug-likeness (QED) is 0.892. The zero-order valence-corrected chi connectivity index (χ0v) is 11.2. The average Bonchev–Trinajstić information content (AvgIpc) is 2.22. The topological polar surface area (TPSA) is 41.1 Å². The lowest BCUT2D eigenvalue weighted by molar-refractivity contribution is -0.121. The van der Waals surface area contributed by atoms with E-state index in [0.29, 0.717) is 0 Å². The van der Waals surface area contributed by atoms with Gasteiger partial charge in [-0.1, -0.05) is 23.2 Å². The highest BCUT2D eigenvalue weighted by atomic mass is 35.5. The molecule has 1 aromatic rings. The van der Waals surface area contributed by atoms with Gasteiger partial charge in [0.2, 0.25) is 5.91 Å². The summed E-state index contributed by atoms with van der Waals surface area (Å²) in [5.74, 6) is -0.860. The molecule has 0 fully saturated rings. The molecular weight excluding hydrogens is 266 g/mol. The van der Waals surface area contributed by atoms with Crippen LogP contribution in [-0.4, -0.2) is 18.5 Å². The lowest BCUT2D eigenvalue weighted by Gasteiger charge is -2.23. The molecule has 2 N–H and O–H groups in total. The van der Waals surface area contributed by atoms with Gasteiger partial charge in [0.1, 0.15) is 5.82 Å². The van der Waals surface area contributed by atoms with E-state index in [1.165, 1.54) is 0 Å². The molecule has 0 aliphatic rings. The SMILES string of the molecule is CNC(C)(C)C(=O)Nc1c(Cl)cc(F)cc1Cl. The number of carbonyl (C=O) groups excluding carboxylic acids is 1. The molecule has 0 atom stereocenters. The number of rotatable bonds is 3. The number of hydrogen-bond acceptors (Lipinski definition) is 2. The minimum Gasteiger partial charge on any atom is -0.322 e. The van der Waals surface area contributed by atoms with Crippen molar-refractivity contribution in [3.05, 3.63) is 28.0 Å². The molecule has 0 spiro atoms. The Morgan fingerprint density at radius 3 is 2.18 bits per heavy atom. The molecule has 17 heavy (non-hydrogen) atoms. The van der Waals surface area contributed by atoms with Gasteiger partial charge in [-0.2, -0.15) is 0 Å². The summed E-state index contributed by atoms with van der Waals surface area (Å²) in [5, 5.41) is 5.53. The molecule has 0 aromatic heterocycles. The van der Waals surface area contributed by atoms with Crippen LogP contribution in [0, 0.1) is 5.82 Å². The number of anilines is 1. The largest absolute Gasteiger partial charge is 0.322 e. The first-order valence-electron chi connectivity index (χ1n) is 4.93. The molecule has 0 unspecified atom stereocenters. The van der Waals surface area contributed by atoms with Crippen LogP contribution >= 0.6 is 23.2 Å². The highest BCUT2D eigenvalue weighted by Crippen LogP contribution is 2.31. The van der Waals surface area contributed by atoms with Gasteiger partial charge in [-0.05, 0) is 33.0 Å². The Hall–Kier alpha value is -0.840. The lowest BCUT2D eigenvalue weighted by atomic mass is 10.1. The first-order valence-corrected chi connectivity index (χ1v) is 5.68. The molecule has 0 saturated carbocycles. The van der Waals surface area contributed by atoms with E-state index < -0.39 is 11.4 Å². The number of amides is 1. The molecule has 94 valence electrons. The smallest absolute Gasteiger partial charge is 0.244 e. The van der Waals surface area contributed by atoms with Gasteiger partial charge in [-0.25, -0.2) is 4.39 Å². The summed E-state index contributed by atoms with van der Waals surface area (Å²) in [7, 11) is 1.66. The third kappa shape index (κ3) is 3.31. The van der Waals surface area contributed by atoms with Crippen molar-refractivity contribution in [3.8, 4) is 0 Å². The highest BCUT2D eigenvalue weighted by Gasteiger charge is 2.26. The molecular formula is C11H13Cl2FN2O. The maximum Gasteiger partial charge on any atom is 0.244 e. The van der Waals surface area contributed by atoms with Crippen molar-refractivity contribution >= 4 is 34.8 Å². The van der Waals surface area contributed by atoms with Crippen molar-refractivity contribution in [1.29, 1.82) is 0 Å². The van der Waals surface area contributed by atoms with Crippen LogP contribution in [-0.2, 0) is 4.79 Å². The highest BCUT2D eigenvalue weighted by molar-refractivity contribution is 6.39. The van der Waals surface area contributed by atoms with Gasteiger partial charge in [0.15, 0.2) is 0 Å². The third-order valence-corrected chi connectivity index (χ3v) is 3.03. The Morgan fingerprint density at radius 2 is 1.76 bits per heavy atom. The summed E-state index contributed by atoms with van der Waals surface area (Å²) in [4.78, 5) is 11.9. The van der Waals surface area contributed by atoms with E-state index in [9.17, 15) is 9.18 Å². The van der Waals surface area contributed by atoms with Crippen molar-refractivity contribution in [1.82, 2.24) is 5.32 Å². The van der Waals surface area contributed by atoms with Crippen LogP contribution in [0.5, 0.6) is 0 Å². The molecule has 1 rings (SSSR count). The summed E-state index contributed by atoms with van der Waals surface area (Å²) in [6.45, 7) is 3.40. The molecule has 0 heterocycles. The predicted molar refractivity (Wildman–Crippen MR) is 68.2 cm³/mol. The second kappa shape index (κ2) is 5.21. The Kier molecular flexibility index (Phi) is 4.36. The van der Waals surface area contributed by atoms with Crippen LogP contribution in [0.25, 0.3) is 0 Å². The molecule has 1 amide bonds. The van der Waals surface area contributed by atoms with Gasteiger partial charge < -0.3 is 10.6 Å². The van der Waals surface area contributed by atoms with E-state index in [2.05, 4.69) is 10.6 Å². The summed E-state index contributed by atoms with van der Waals surface area (Å²) in [5.41, 5.74) is -0.566. The van der Waals surface area contributed by atoms with Crippen LogP contribution in [0.4, 0.5) is 10.1 Å². The van der Waals surface area contributed by atoms with Crippen LogP contribution in [0.2, 0.25) is 10.0 Å². The Bertz CT molecular complexity index is 426. The van der Waals surface area contributed by atoms with Crippen molar-refractivity contribution in [3.63, 3.8) is 0 Å². The molecule has 0 aliphatic carbocycles. The van der Waals surface area contributed by atoms with Crippen molar-refractivity contribution in [2.45, 2.75) is 19.4 Å². The summed E-state index contributed by atoms with van der Waals surface area (Å²) in [6.07, 6.45) is 0. The van der Waals surface area contributed by atoms with Gasteiger partial charge in [0, 0.05) is 0 Å². The molecule has 3 nitrogen and oxygen atoms in total. The zero-order chi connectivity index (χ0) is 13.2. The number of hydrogen-bond donors (Lipinski definition) is 2. The van der Waals surface area contributed by atoms with Crippen molar-refractivity contribution in [2.75, 3.05) is 12.4 Å².